The van der Waals surface area contributed by atoms with Gasteiger partial charge in [-0.15, -0.1) is 0 Å². The van der Waals surface area contributed by atoms with Gasteiger partial charge in [0.2, 0.25) is 0 Å². The SMILES string of the molecule is CC(C(=O)O)[C@@H](N)C[C@H](C)C1CCCCC1. The average Bonchev–Trinajstić information content (AvgIpc) is 2.28. The van der Waals surface area contributed by atoms with Crippen molar-refractivity contribution in [2.24, 2.45) is 23.5 Å². The third-order valence-corrected chi connectivity index (χ3v) is 4.13. The normalized spacial score (nSPS) is 23.7. The van der Waals surface area contributed by atoms with Gasteiger partial charge in [-0.1, -0.05) is 46.0 Å². The Hall–Kier alpha value is -0.570. The van der Waals surface area contributed by atoms with Crippen LogP contribution < -0.4 is 5.73 Å². The van der Waals surface area contributed by atoms with Crippen LogP contribution in [-0.2, 0) is 4.79 Å². The molecule has 3 N–H and O–H groups in total. The van der Waals surface area contributed by atoms with Crippen molar-refractivity contribution >= 4 is 5.97 Å². The van der Waals surface area contributed by atoms with E-state index in [2.05, 4.69) is 6.92 Å². The summed E-state index contributed by atoms with van der Waals surface area (Å²) in [6.07, 6.45) is 7.47. The minimum atomic E-state index is -0.775. The molecule has 0 bridgehead atoms. The van der Waals surface area contributed by atoms with Crippen molar-refractivity contribution in [3.05, 3.63) is 0 Å². The first-order chi connectivity index (χ1) is 7.52. The van der Waals surface area contributed by atoms with E-state index in [0.29, 0.717) is 5.92 Å². The smallest absolute Gasteiger partial charge is 0.307 e. The Kier molecular flexibility index (Phi) is 5.26. The molecule has 0 spiro atoms. The number of hydrogen-bond acceptors (Lipinski definition) is 2. The lowest BCUT2D eigenvalue weighted by Gasteiger charge is -2.30. The van der Waals surface area contributed by atoms with Crippen LogP contribution in [0.1, 0.15) is 52.4 Å². The molecule has 16 heavy (non-hydrogen) atoms. The number of carboxylic acids is 1. The van der Waals surface area contributed by atoms with Crippen LogP contribution in [0, 0.1) is 17.8 Å². The fourth-order valence-corrected chi connectivity index (χ4v) is 2.71. The van der Waals surface area contributed by atoms with E-state index in [1.165, 1.54) is 32.1 Å². The molecule has 0 radical (unpaired) electrons. The van der Waals surface area contributed by atoms with Gasteiger partial charge in [-0.3, -0.25) is 4.79 Å². The Morgan fingerprint density at radius 2 is 1.88 bits per heavy atom. The maximum atomic E-state index is 10.8. The van der Waals surface area contributed by atoms with Crippen LogP contribution in [0.25, 0.3) is 0 Å². The largest absolute Gasteiger partial charge is 0.481 e. The maximum Gasteiger partial charge on any atom is 0.307 e. The molecule has 1 unspecified atom stereocenters. The predicted octanol–water partition coefficient (Wildman–Crippen LogP) is 2.64. The van der Waals surface area contributed by atoms with Gasteiger partial charge in [-0.2, -0.15) is 0 Å². The van der Waals surface area contributed by atoms with Gasteiger partial charge < -0.3 is 10.8 Å². The Labute approximate surface area is 98.4 Å². The lowest BCUT2D eigenvalue weighted by Crippen LogP contribution is -2.36. The number of nitrogens with two attached hydrogens (primary N) is 1. The van der Waals surface area contributed by atoms with E-state index in [0.717, 1.165) is 12.3 Å². The van der Waals surface area contributed by atoms with E-state index < -0.39 is 11.9 Å². The van der Waals surface area contributed by atoms with Gasteiger partial charge >= 0.3 is 5.97 Å². The number of aliphatic carboxylic acids is 1. The standard InChI is InChI=1S/C13H25NO2/c1-9(11-6-4-3-5-7-11)8-12(14)10(2)13(15)16/h9-12H,3-8,14H2,1-2H3,(H,15,16)/t9-,10?,12-/m0/s1. The molecule has 0 heterocycles. The van der Waals surface area contributed by atoms with E-state index in [4.69, 9.17) is 10.8 Å². The highest BCUT2D eigenvalue weighted by atomic mass is 16.4. The van der Waals surface area contributed by atoms with E-state index >= 15 is 0 Å². The summed E-state index contributed by atoms with van der Waals surface area (Å²) in [6, 6.07) is -0.200. The highest BCUT2D eigenvalue weighted by molar-refractivity contribution is 5.70. The second kappa shape index (κ2) is 6.24. The molecule has 0 aromatic heterocycles. The van der Waals surface area contributed by atoms with Gasteiger partial charge in [0.1, 0.15) is 0 Å². The molecule has 0 saturated heterocycles. The van der Waals surface area contributed by atoms with Crippen LogP contribution >= 0.6 is 0 Å². The summed E-state index contributed by atoms with van der Waals surface area (Å²) < 4.78 is 0. The quantitative estimate of drug-likeness (QED) is 0.759. The van der Waals surface area contributed by atoms with E-state index in [9.17, 15) is 4.79 Å². The first kappa shape index (κ1) is 13.5. The van der Waals surface area contributed by atoms with Gasteiger partial charge in [0.05, 0.1) is 5.92 Å². The highest BCUT2D eigenvalue weighted by Crippen LogP contribution is 2.32. The lowest BCUT2D eigenvalue weighted by molar-refractivity contribution is -0.141. The average molecular weight is 227 g/mol. The number of carboxylic acid groups (broad SMARTS) is 1. The van der Waals surface area contributed by atoms with Crippen LogP contribution in [0.4, 0.5) is 0 Å². The van der Waals surface area contributed by atoms with Crippen LogP contribution in [0.3, 0.4) is 0 Å². The molecule has 0 aromatic rings. The zero-order valence-corrected chi connectivity index (χ0v) is 10.5. The topological polar surface area (TPSA) is 63.3 Å². The van der Waals surface area contributed by atoms with Gasteiger partial charge in [0, 0.05) is 6.04 Å². The second-order valence-electron chi connectivity index (χ2n) is 5.40. The van der Waals surface area contributed by atoms with E-state index in [1.54, 1.807) is 6.92 Å². The van der Waals surface area contributed by atoms with Gasteiger partial charge in [0.25, 0.3) is 0 Å². The molecule has 3 heteroatoms. The summed E-state index contributed by atoms with van der Waals surface area (Å²) in [5, 5.41) is 8.90. The molecule has 94 valence electrons. The predicted molar refractivity (Wildman–Crippen MR) is 65.1 cm³/mol. The minimum Gasteiger partial charge on any atom is -0.481 e. The summed E-state index contributed by atoms with van der Waals surface area (Å²) >= 11 is 0. The van der Waals surface area contributed by atoms with Gasteiger partial charge in [-0.05, 0) is 18.3 Å². The van der Waals surface area contributed by atoms with Crippen molar-refractivity contribution in [1.29, 1.82) is 0 Å². The molecular weight excluding hydrogens is 202 g/mol. The summed E-state index contributed by atoms with van der Waals surface area (Å²) in [7, 11) is 0. The molecule has 1 saturated carbocycles. The molecule has 1 aliphatic carbocycles. The zero-order valence-electron chi connectivity index (χ0n) is 10.5. The first-order valence-electron chi connectivity index (χ1n) is 6.50. The molecule has 0 aliphatic heterocycles. The molecular formula is C13H25NO2. The van der Waals surface area contributed by atoms with E-state index in [-0.39, 0.29) is 6.04 Å². The number of carbonyl (C=O) groups is 1. The maximum absolute atomic E-state index is 10.8. The van der Waals surface area contributed by atoms with Crippen LogP contribution in [0.15, 0.2) is 0 Å². The molecule has 3 nitrogen and oxygen atoms in total. The molecule has 0 aromatic carbocycles. The molecule has 1 rings (SSSR count). The van der Waals surface area contributed by atoms with Crippen molar-refractivity contribution in [1.82, 2.24) is 0 Å². The Morgan fingerprint density at radius 1 is 1.31 bits per heavy atom. The summed E-state index contributed by atoms with van der Waals surface area (Å²) in [4.78, 5) is 10.8. The molecule has 0 amide bonds. The Morgan fingerprint density at radius 3 is 2.38 bits per heavy atom. The van der Waals surface area contributed by atoms with Gasteiger partial charge in [0.15, 0.2) is 0 Å². The molecule has 3 atom stereocenters. The minimum absolute atomic E-state index is 0.200. The summed E-state index contributed by atoms with van der Waals surface area (Å²) in [6.45, 7) is 3.94. The van der Waals surface area contributed by atoms with Crippen molar-refractivity contribution in [3.63, 3.8) is 0 Å². The van der Waals surface area contributed by atoms with E-state index in [1.807, 2.05) is 0 Å². The highest BCUT2D eigenvalue weighted by Gasteiger charge is 2.26. The van der Waals surface area contributed by atoms with Crippen LogP contribution in [0.5, 0.6) is 0 Å². The van der Waals surface area contributed by atoms with Crippen molar-refractivity contribution in [2.45, 2.75) is 58.4 Å². The van der Waals surface area contributed by atoms with Crippen LogP contribution in [0.2, 0.25) is 0 Å². The van der Waals surface area contributed by atoms with Crippen molar-refractivity contribution < 1.29 is 9.90 Å². The second-order valence-corrected chi connectivity index (χ2v) is 5.40. The fraction of sp³-hybridized carbons (Fsp3) is 0.923. The summed E-state index contributed by atoms with van der Waals surface area (Å²) in [5.41, 5.74) is 5.94. The first-order valence-corrected chi connectivity index (χ1v) is 6.50. The number of rotatable bonds is 5. The molecule has 1 aliphatic rings. The van der Waals surface area contributed by atoms with Crippen LogP contribution in [-0.4, -0.2) is 17.1 Å². The number of hydrogen-bond donors (Lipinski definition) is 2. The third-order valence-electron chi connectivity index (χ3n) is 4.13. The van der Waals surface area contributed by atoms with Crippen molar-refractivity contribution in [3.8, 4) is 0 Å². The zero-order chi connectivity index (χ0) is 12.1. The third kappa shape index (κ3) is 3.78. The van der Waals surface area contributed by atoms with Gasteiger partial charge in [-0.25, -0.2) is 0 Å². The molecule has 1 fully saturated rings. The fourth-order valence-electron chi connectivity index (χ4n) is 2.71. The Bertz CT molecular complexity index is 224. The monoisotopic (exact) mass is 227 g/mol. The Balaban J connectivity index is 2.37. The lowest BCUT2D eigenvalue weighted by atomic mass is 9.77. The van der Waals surface area contributed by atoms with Crippen molar-refractivity contribution in [2.75, 3.05) is 0 Å². The summed E-state index contributed by atoms with van der Waals surface area (Å²) in [5.74, 6) is 0.132.